The molecule has 0 aromatic heterocycles. The van der Waals surface area contributed by atoms with E-state index < -0.39 is 10.0 Å². The zero-order chi connectivity index (χ0) is 13.2. The fourth-order valence-corrected chi connectivity index (χ4v) is 4.15. The van der Waals surface area contributed by atoms with Crippen molar-refractivity contribution in [3.05, 3.63) is 28.7 Å². The van der Waals surface area contributed by atoms with Gasteiger partial charge in [0.1, 0.15) is 0 Å². The van der Waals surface area contributed by atoms with E-state index in [-0.39, 0.29) is 6.10 Å². The fraction of sp³-hybridized carbons (Fsp3) is 0.500. The quantitative estimate of drug-likeness (QED) is 0.852. The first-order valence-electron chi connectivity index (χ1n) is 5.82. The summed E-state index contributed by atoms with van der Waals surface area (Å²) in [5.41, 5.74) is 0. The van der Waals surface area contributed by atoms with Gasteiger partial charge < -0.3 is 4.74 Å². The summed E-state index contributed by atoms with van der Waals surface area (Å²) in [6.45, 7) is 1.04. The molecule has 6 heteroatoms. The van der Waals surface area contributed by atoms with E-state index in [1.54, 1.807) is 25.3 Å². The average Bonchev–Trinajstić information content (AvgIpc) is 2.39. The Morgan fingerprint density at radius 1 is 1.33 bits per heavy atom. The van der Waals surface area contributed by atoms with Crippen LogP contribution in [0.25, 0.3) is 0 Å². The Labute approximate surface area is 116 Å². The van der Waals surface area contributed by atoms with Crippen LogP contribution in [0.1, 0.15) is 12.8 Å². The molecule has 0 N–H and O–H groups in total. The van der Waals surface area contributed by atoms with E-state index in [1.807, 2.05) is 6.07 Å². The number of halogens is 1. The maximum atomic E-state index is 12.4. The van der Waals surface area contributed by atoms with Gasteiger partial charge in [0.25, 0.3) is 0 Å². The third-order valence-electron chi connectivity index (χ3n) is 3.17. The number of sulfonamides is 1. The van der Waals surface area contributed by atoms with Crippen molar-refractivity contribution in [2.24, 2.45) is 0 Å². The van der Waals surface area contributed by atoms with Crippen LogP contribution in [0.2, 0.25) is 0 Å². The summed E-state index contributed by atoms with van der Waals surface area (Å²) in [7, 11) is -1.70. The summed E-state index contributed by atoms with van der Waals surface area (Å²) in [5, 5.41) is 0. The molecule has 18 heavy (non-hydrogen) atoms. The Kier molecular flexibility index (Phi) is 4.42. The first-order chi connectivity index (χ1) is 8.54. The number of benzene rings is 1. The summed E-state index contributed by atoms with van der Waals surface area (Å²) in [5.74, 6) is 0. The second-order valence-electron chi connectivity index (χ2n) is 4.30. The van der Waals surface area contributed by atoms with Crippen molar-refractivity contribution in [2.75, 3.05) is 20.2 Å². The second kappa shape index (κ2) is 5.69. The minimum atomic E-state index is -3.37. The molecular weight excluding hydrogens is 318 g/mol. The first-order valence-corrected chi connectivity index (χ1v) is 8.06. The highest BCUT2D eigenvalue weighted by Crippen LogP contribution is 2.23. The monoisotopic (exact) mass is 333 g/mol. The Balaban J connectivity index is 2.17. The van der Waals surface area contributed by atoms with Gasteiger partial charge in [0.2, 0.25) is 10.0 Å². The van der Waals surface area contributed by atoms with E-state index in [4.69, 9.17) is 4.74 Å². The van der Waals surface area contributed by atoms with Gasteiger partial charge in [0, 0.05) is 24.7 Å². The molecule has 0 amide bonds. The van der Waals surface area contributed by atoms with E-state index in [1.165, 1.54) is 4.31 Å². The minimum Gasteiger partial charge on any atom is -0.381 e. The Bertz CT molecular complexity index is 510. The van der Waals surface area contributed by atoms with Crippen LogP contribution in [0.5, 0.6) is 0 Å². The van der Waals surface area contributed by atoms with Crippen LogP contribution in [-0.4, -0.2) is 39.0 Å². The largest absolute Gasteiger partial charge is 0.381 e. The van der Waals surface area contributed by atoms with Crippen LogP contribution in [0.4, 0.5) is 0 Å². The maximum absolute atomic E-state index is 12.4. The molecule has 0 unspecified atom stereocenters. The van der Waals surface area contributed by atoms with Gasteiger partial charge in [-0.2, -0.15) is 4.31 Å². The molecule has 1 saturated heterocycles. The molecule has 0 radical (unpaired) electrons. The molecule has 1 fully saturated rings. The molecule has 1 aromatic carbocycles. The van der Waals surface area contributed by atoms with Crippen LogP contribution < -0.4 is 0 Å². The lowest BCUT2D eigenvalue weighted by atomic mass is 10.1. The molecule has 0 saturated carbocycles. The van der Waals surface area contributed by atoms with E-state index in [0.29, 0.717) is 18.0 Å². The van der Waals surface area contributed by atoms with Gasteiger partial charge in [-0.3, -0.25) is 0 Å². The highest BCUT2D eigenvalue weighted by molar-refractivity contribution is 9.10. The zero-order valence-electron chi connectivity index (χ0n) is 10.2. The van der Waals surface area contributed by atoms with Crippen LogP contribution in [-0.2, 0) is 14.8 Å². The molecular formula is C12H16BrNO3S. The van der Waals surface area contributed by atoms with Crippen LogP contribution in [0.3, 0.4) is 0 Å². The summed E-state index contributed by atoms with van der Waals surface area (Å²) in [6, 6.07) is 6.81. The Morgan fingerprint density at radius 3 is 2.56 bits per heavy atom. The lowest BCUT2D eigenvalue weighted by Crippen LogP contribution is -2.40. The topological polar surface area (TPSA) is 46.6 Å². The van der Waals surface area contributed by atoms with E-state index in [0.717, 1.165) is 17.3 Å². The van der Waals surface area contributed by atoms with Crippen LogP contribution in [0, 0.1) is 0 Å². The molecule has 0 atom stereocenters. The SMILES string of the molecule is COC1CCN(S(=O)(=O)c2cccc(Br)c2)CC1. The number of methoxy groups -OCH3 is 1. The van der Waals surface area contributed by atoms with Crippen molar-refractivity contribution in [1.82, 2.24) is 4.31 Å². The van der Waals surface area contributed by atoms with E-state index >= 15 is 0 Å². The van der Waals surface area contributed by atoms with Gasteiger partial charge >= 0.3 is 0 Å². The molecule has 1 heterocycles. The summed E-state index contributed by atoms with van der Waals surface area (Å²) in [6.07, 6.45) is 1.69. The molecule has 0 aliphatic carbocycles. The highest BCUT2D eigenvalue weighted by Gasteiger charge is 2.29. The van der Waals surface area contributed by atoms with Gasteiger partial charge in [-0.05, 0) is 31.0 Å². The average molecular weight is 334 g/mol. The lowest BCUT2D eigenvalue weighted by Gasteiger charge is -2.30. The summed E-state index contributed by atoms with van der Waals surface area (Å²) < 4.78 is 32.4. The van der Waals surface area contributed by atoms with Gasteiger partial charge in [-0.25, -0.2) is 8.42 Å². The smallest absolute Gasteiger partial charge is 0.243 e. The predicted octanol–water partition coefficient (Wildman–Crippen LogP) is 2.25. The summed E-state index contributed by atoms with van der Waals surface area (Å²) >= 11 is 3.30. The summed E-state index contributed by atoms with van der Waals surface area (Å²) in [4.78, 5) is 0.341. The standard InChI is InChI=1S/C12H16BrNO3S/c1-17-11-5-7-14(8-6-11)18(15,16)12-4-2-3-10(13)9-12/h2-4,9,11H,5-8H2,1H3. The molecule has 1 aliphatic rings. The third kappa shape index (κ3) is 2.93. The lowest BCUT2D eigenvalue weighted by molar-refractivity contribution is 0.0604. The van der Waals surface area contributed by atoms with Gasteiger partial charge in [0.15, 0.2) is 0 Å². The second-order valence-corrected chi connectivity index (χ2v) is 7.15. The van der Waals surface area contributed by atoms with Crippen molar-refractivity contribution in [3.63, 3.8) is 0 Å². The van der Waals surface area contributed by atoms with Crippen LogP contribution >= 0.6 is 15.9 Å². The van der Waals surface area contributed by atoms with E-state index in [9.17, 15) is 8.42 Å². The molecule has 0 spiro atoms. The number of ether oxygens (including phenoxy) is 1. The normalized spacial score (nSPS) is 19.0. The van der Waals surface area contributed by atoms with Crippen molar-refractivity contribution in [1.29, 1.82) is 0 Å². The van der Waals surface area contributed by atoms with Gasteiger partial charge in [0.05, 0.1) is 11.0 Å². The van der Waals surface area contributed by atoms with Crippen LogP contribution in [0.15, 0.2) is 33.6 Å². The van der Waals surface area contributed by atoms with Crippen molar-refractivity contribution >= 4 is 26.0 Å². The zero-order valence-corrected chi connectivity index (χ0v) is 12.6. The maximum Gasteiger partial charge on any atom is 0.243 e. The minimum absolute atomic E-state index is 0.180. The van der Waals surface area contributed by atoms with E-state index in [2.05, 4.69) is 15.9 Å². The Hall–Kier alpha value is -0.430. The van der Waals surface area contributed by atoms with Gasteiger partial charge in [-0.1, -0.05) is 22.0 Å². The third-order valence-corrected chi connectivity index (χ3v) is 5.56. The van der Waals surface area contributed by atoms with Crippen molar-refractivity contribution in [2.45, 2.75) is 23.8 Å². The predicted molar refractivity (Wildman–Crippen MR) is 72.9 cm³/mol. The molecule has 1 aromatic rings. The van der Waals surface area contributed by atoms with Gasteiger partial charge in [-0.15, -0.1) is 0 Å². The number of hydrogen-bond donors (Lipinski definition) is 0. The Morgan fingerprint density at radius 2 is 2.00 bits per heavy atom. The highest BCUT2D eigenvalue weighted by atomic mass is 79.9. The number of piperidine rings is 1. The molecule has 0 bridgehead atoms. The van der Waals surface area contributed by atoms with Crippen molar-refractivity contribution < 1.29 is 13.2 Å². The number of nitrogens with zero attached hydrogens (tertiary/aromatic N) is 1. The first kappa shape index (κ1) is 14.0. The molecule has 4 nitrogen and oxygen atoms in total. The molecule has 2 rings (SSSR count). The molecule has 100 valence electrons. The number of hydrogen-bond acceptors (Lipinski definition) is 3. The van der Waals surface area contributed by atoms with Crippen molar-refractivity contribution in [3.8, 4) is 0 Å². The fourth-order valence-electron chi connectivity index (χ4n) is 2.08. The molecule has 1 aliphatic heterocycles. The number of rotatable bonds is 3.